The highest BCUT2D eigenvalue weighted by Crippen LogP contribution is 2.37. The molecule has 0 saturated carbocycles. The number of methoxy groups -OCH3 is 1. The molecule has 0 spiro atoms. The average Bonchev–Trinajstić information content (AvgIpc) is 3.13. The van der Waals surface area contributed by atoms with Crippen LogP contribution in [0.3, 0.4) is 0 Å². The summed E-state index contributed by atoms with van der Waals surface area (Å²) < 4.78 is 9.92. The van der Waals surface area contributed by atoms with Crippen LogP contribution in [0.1, 0.15) is 42.7 Å². The lowest BCUT2D eigenvalue weighted by Gasteiger charge is -2.10. The summed E-state index contributed by atoms with van der Waals surface area (Å²) >= 11 is 0. The second kappa shape index (κ2) is 5.68. The molecule has 0 saturated heterocycles. The van der Waals surface area contributed by atoms with E-state index in [2.05, 4.69) is 22.3 Å². The van der Waals surface area contributed by atoms with Crippen molar-refractivity contribution < 1.29 is 14.1 Å². The lowest BCUT2D eigenvalue weighted by molar-refractivity contribution is -0.141. The SMILES string of the molecule is CCc1nc(-c2ccc3c(c2)CC[C@H]3CC(=O)OC)no1. The van der Waals surface area contributed by atoms with Crippen molar-refractivity contribution in [2.45, 2.75) is 38.5 Å². The van der Waals surface area contributed by atoms with Gasteiger partial charge >= 0.3 is 5.97 Å². The summed E-state index contributed by atoms with van der Waals surface area (Å²) in [7, 11) is 1.43. The third-order valence-corrected chi connectivity index (χ3v) is 4.01. The molecule has 21 heavy (non-hydrogen) atoms. The summed E-state index contributed by atoms with van der Waals surface area (Å²) in [5.74, 6) is 1.39. The van der Waals surface area contributed by atoms with Gasteiger partial charge in [0.05, 0.1) is 13.5 Å². The smallest absolute Gasteiger partial charge is 0.306 e. The number of hydrogen-bond acceptors (Lipinski definition) is 5. The van der Waals surface area contributed by atoms with Crippen LogP contribution in [0.25, 0.3) is 11.4 Å². The molecule has 1 aromatic heterocycles. The summed E-state index contributed by atoms with van der Waals surface area (Å²) in [6.45, 7) is 1.98. The summed E-state index contributed by atoms with van der Waals surface area (Å²) in [5, 5.41) is 4.00. The van der Waals surface area contributed by atoms with Gasteiger partial charge in [0.2, 0.25) is 11.7 Å². The Morgan fingerprint density at radius 2 is 2.33 bits per heavy atom. The molecule has 5 heteroatoms. The number of fused-ring (bicyclic) bond motifs is 1. The van der Waals surface area contributed by atoms with Gasteiger partial charge in [-0.1, -0.05) is 24.2 Å². The molecule has 1 heterocycles. The van der Waals surface area contributed by atoms with E-state index in [1.165, 1.54) is 18.2 Å². The van der Waals surface area contributed by atoms with Gasteiger partial charge in [0, 0.05) is 12.0 Å². The van der Waals surface area contributed by atoms with Crippen LogP contribution in [0.15, 0.2) is 22.7 Å². The van der Waals surface area contributed by atoms with Crippen LogP contribution in [0.5, 0.6) is 0 Å². The first-order valence-electron chi connectivity index (χ1n) is 7.23. The van der Waals surface area contributed by atoms with Gasteiger partial charge in [0.25, 0.3) is 0 Å². The van der Waals surface area contributed by atoms with Crippen molar-refractivity contribution in [1.82, 2.24) is 10.1 Å². The Hall–Kier alpha value is -2.17. The zero-order valence-corrected chi connectivity index (χ0v) is 12.3. The van der Waals surface area contributed by atoms with Crippen molar-refractivity contribution >= 4 is 5.97 Å². The van der Waals surface area contributed by atoms with Crippen LogP contribution in [0.2, 0.25) is 0 Å². The van der Waals surface area contributed by atoms with Crippen molar-refractivity contribution in [2.75, 3.05) is 7.11 Å². The fraction of sp³-hybridized carbons (Fsp3) is 0.438. The van der Waals surface area contributed by atoms with Crippen molar-refractivity contribution in [3.8, 4) is 11.4 Å². The van der Waals surface area contributed by atoms with E-state index in [0.717, 1.165) is 24.8 Å². The van der Waals surface area contributed by atoms with Crippen LogP contribution >= 0.6 is 0 Å². The van der Waals surface area contributed by atoms with E-state index in [9.17, 15) is 4.79 Å². The first-order valence-corrected chi connectivity index (χ1v) is 7.23. The van der Waals surface area contributed by atoms with E-state index in [-0.39, 0.29) is 11.9 Å². The van der Waals surface area contributed by atoms with Gasteiger partial charge in [-0.2, -0.15) is 4.98 Å². The molecule has 0 fully saturated rings. The minimum Gasteiger partial charge on any atom is -0.469 e. The molecule has 0 aliphatic heterocycles. The molecule has 0 N–H and O–H groups in total. The number of hydrogen-bond donors (Lipinski definition) is 0. The first-order chi connectivity index (χ1) is 10.2. The minimum atomic E-state index is -0.150. The topological polar surface area (TPSA) is 65.2 Å². The molecule has 0 unspecified atom stereocenters. The maximum atomic E-state index is 11.4. The molecular formula is C16H18N2O3. The Balaban J connectivity index is 1.84. The van der Waals surface area contributed by atoms with Gasteiger partial charge in [0.1, 0.15) is 0 Å². The van der Waals surface area contributed by atoms with Gasteiger partial charge in [-0.25, -0.2) is 0 Å². The number of esters is 1. The minimum absolute atomic E-state index is 0.150. The summed E-state index contributed by atoms with van der Waals surface area (Å²) in [4.78, 5) is 15.8. The van der Waals surface area contributed by atoms with Crippen molar-refractivity contribution in [2.24, 2.45) is 0 Å². The molecule has 110 valence electrons. The van der Waals surface area contributed by atoms with Crippen molar-refractivity contribution in [3.05, 3.63) is 35.2 Å². The number of aryl methyl sites for hydroxylation is 2. The number of carbonyl (C=O) groups is 1. The Kier molecular flexibility index (Phi) is 3.73. The normalized spacial score (nSPS) is 16.8. The van der Waals surface area contributed by atoms with Crippen LogP contribution in [0, 0.1) is 0 Å². The van der Waals surface area contributed by atoms with E-state index >= 15 is 0 Å². The van der Waals surface area contributed by atoms with Crippen LogP contribution in [0.4, 0.5) is 0 Å². The Labute approximate surface area is 123 Å². The van der Waals surface area contributed by atoms with Gasteiger partial charge in [-0.15, -0.1) is 0 Å². The highest BCUT2D eigenvalue weighted by molar-refractivity contribution is 5.71. The van der Waals surface area contributed by atoms with Gasteiger partial charge < -0.3 is 9.26 Å². The van der Waals surface area contributed by atoms with Crippen LogP contribution in [-0.2, 0) is 22.4 Å². The second-order valence-corrected chi connectivity index (χ2v) is 5.29. The Morgan fingerprint density at radius 1 is 1.48 bits per heavy atom. The number of benzene rings is 1. The highest BCUT2D eigenvalue weighted by Gasteiger charge is 2.25. The lowest BCUT2D eigenvalue weighted by Crippen LogP contribution is -2.06. The predicted octanol–water partition coefficient (Wildman–Crippen LogP) is 2.89. The van der Waals surface area contributed by atoms with Gasteiger partial charge in [-0.05, 0) is 36.0 Å². The van der Waals surface area contributed by atoms with Gasteiger partial charge in [0.15, 0.2) is 0 Å². The zero-order valence-electron chi connectivity index (χ0n) is 12.3. The zero-order chi connectivity index (χ0) is 14.8. The van der Waals surface area contributed by atoms with E-state index in [0.29, 0.717) is 18.1 Å². The number of ether oxygens (including phenoxy) is 1. The molecule has 0 amide bonds. The average molecular weight is 286 g/mol. The first kappa shape index (κ1) is 13.8. The number of carbonyl (C=O) groups excluding carboxylic acids is 1. The number of rotatable bonds is 4. The van der Waals surface area contributed by atoms with Crippen molar-refractivity contribution in [3.63, 3.8) is 0 Å². The predicted molar refractivity (Wildman–Crippen MR) is 76.8 cm³/mol. The molecule has 0 radical (unpaired) electrons. The molecule has 0 bridgehead atoms. The molecule has 1 aromatic carbocycles. The van der Waals surface area contributed by atoms with E-state index < -0.39 is 0 Å². The molecular weight excluding hydrogens is 268 g/mol. The molecule has 1 aliphatic rings. The third kappa shape index (κ3) is 2.68. The van der Waals surface area contributed by atoms with E-state index in [1.54, 1.807) is 0 Å². The van der Waals surface area contributed by atoms with Crippen LogP contribution < -0.4 is 0 Å². The van der Waals surface area contributed by atoms with E-state index in [1.807, 2.05) is 13.0 Å². The summed E-state index contributed by atoms with van der Waals surface area (Å²) in [6, 6.07) is 6.18. The molecule has 3 rings (SSSR count). The monoisotopic (exact) mass is 286 g/mol. The second-order valence-electron chi connectivity index (χ2n) is 5.29. The maximum absolute atomic E-state index is 11.4. The molecule has 5 nitrogen and oxygen atoms in total. The Morgan fingerprint density at radius 3 is 3.05 bits per heavy atom. The lowest BCUT2D eigenvalue weighted by atomic mass is 9.97. The third-order valence-electron chi connectivity index (χ3n) is 4.01. The fourth-order valence-electron chi connectivity index (χ4n) is 2.86. The standard InChI is InChI=1S/C16H18N2O3/c1-3-14-17-16(18-21-14)12-6-7-13-10(8-12)4-5-11(13)9-15(19)20-2/h6-8,11H,3-5,9H2,1-2H3/t11-/m0/s1. The highest BCUT2D eigenvalue weighted by atomic mass is 16.5. The number of aromatic nitrogens is 2. The largest absolute Gasteiger partial charge is 0.469 e. The summed E-state index contributed by atoms with van der Waals surface area (Å²) in [5.41, 5.74) is 3.48. The van der Waals surface area contributed by atoms with Crippen molar-refractivity contribution in [1.29, 1.82) is 0 Å². The fourth-order valence-corrected chi connectivity index (χ4v) is 2.86. The maximum Gasteiger partial charge on any atom is 0.306 e. The Bertz CT molecular complexity index is 663. The summed E-state index contributed by atoms with van der Waals surface area (Å²) in [6.07, 6.45) is 3.15. The molecule has 1 aliphatic carbocycles. The molecule has 2 aromatic rings. The van der Waals surface area contributed by atoms with Gasteiger partial charge in [-0.3, -0.25) is 4.79 Å². The quantitative estimate of drug-likeness (QED) is 0.808. The van der Waals surface area contributed by atoms with E-state index in [4.69, 9.17) is 9.26 Å². The number of nitrogens with zero attached hydrogens (tertiary/aromatic N) is 2. The molecule has 1 atom stereocenters. The van der Waals surface area contributed by atoms with Crippen LogP contribution in [-0.4, -0.2) is 23.2 Å².